The molecule has 2 fully saturated rings. The summed E-state index contributed by atoms with van der Waals surface area (Å²) in [4.78, 5) is 16.8. The van der Waals surface area contributed by atoms with E-state index in [0.29, 0.717) is 6.61 Å². The number of benzene rings is 1. The van der Waals surface area contributed by atoms with Crippen molar-refractivity contribution in [2.75, 3.05) is 39.3 Å². The third-order valence-electron chi connectivity index (χ3n) is 6.42. The van der Waals surface area contributed by atoms with Crippen LogP contribution in [0.2, 0.25) is 0 Å². The second-order valence-corrected chi connectivity index (χ2v) is 8.29. The largest absolute Gasteiger partial charge is 0.486 e. The Hall–Kier alpha value is -2.21. The summed E-state index contributed by atoms with van der Waals surface area (Å²) in [5.41, 5.74) is 0.782. The van der Waals surface area contributed by atoms with E-state index in [2.05, 4.69) is 9.80 Å². The van der Waals surface area contributed by atoms with E-state index < -0.39 is 0 Å². The number of carbonyl (C=O) groups is 1. The van der Waals surface area contributed by atoms with E-state index in [1.165, 1.54) is 6.42 Å². The predicted octanol–water partition coefficient (Wildman–Crippen LogP) is 2.59. The van der Waals surface area contributed by atoms with Crippen LogP contribution in [0.25, 0.3) is 0 Å². The minimum atomic E-state index is -0.346. The van der Waals surface area contributed by atoms with Gasteiger partial charge in [-0.1, -0.05) is 18.6 Å². The molecule has 6 nitrogen and oxygen atoms in total. The van der Waals surface area contributed by atoms with Gasteiger partial charge in [-0.3, -0.25) is 4.90 Å². The van der Waals surface area contributed by atoms with Crippen molar-refractivity contribution < 1.29 is 19.0 Å². The second kappa shape index (κ2) is 7.32. The molecule has 6 heteroatoms. The number of carbonyl (C=O) groups excluding carboxylic acids is 1. The van der Waals surface area contributed by atoms with Crippen LogP contribution in [0.5, 0.6) is 11.5 Å². The Morgan fingerprint density at radius 2 is 1.75 bits per heavy atom. The summed E-state index contributed by atoms with van der Waals surface area (Å²) in [7, 11) is 0. The molecule has 1 spiro atoms. The molecule has 4 aliphatic rings. The second-order valence-electron chi connectivity index (χ2n) is 8.29. The number of hydrogen-bond donors (Lipinski definition) is 0. The maximum Gasteiger partial charge on any atom is 0.333 e. The van der Waals surface area contributed by atoms with Crippen molar-refractivity contribution in [3.05, 3.63) is 36.0 Å². The molecule has 0 bridgehead atoms. The Labute approximate surface area is 166 Å². The van der Waals surface area contributed by atoms with E-state index in [0.717, 1.165) is 75.6 Å². The number of hydrogen-bond acceptors (Lipinski definition) is 6. The SMILES string of the molecule is O=C1C=C(N2CCN(C[C@H]3COc4ccccc4O3)CC2)C2(CCCCC2)O1. The molecule has 0 aromatic heterocycles. The molecular weight excluding hydrogens is 356 g/mol. The van der Waals surface area contributed by atoms with Gasteiger partial charge in [0.2, 0.25) is 0 Å². The number of rotatable bonds is 3. The number of piperazine rings is 1. The van der Waals surface area contributed by atoms with Gasteiger partial charge >= 0.3 is 5.97 Å². The number of nitrogens with zero attached hydrogens (tertiary/aromatic N) is 2. The summed E-state index contributed by atoms with van der Waals surface area (Å²) in [5, 5.41) is 0. The summed E-state index contributed by atoms with van der Waals surface area (Å²) in [6.45, 7) is 5.23. The van der Waals surface area contributed by atoms with Crippen molar-refractivity contribution in [1.29, 1.82) is 0 Å². The van der Waals surface area contributed by atoms with Gasteiger partial charge in [-0.2, -0.15) is 0 Å². The maximum atomic E-state index is 12.0. The van der Waals surface area contributed by atoms with Gasteiger partial charge in [0.15, 0.2) is 17.1 Å². The van der Waals surface area contributed by atoms with Crippen LogP contribution in [-0.4, -0.2) is 66.8 Å². The number of fused-ring (bicyclic) bond motifs is 1. The molecule has 5 rings (SSSR count). The van der Waals surface area contributed by atoms with E-state index in [1.807, 2.05) is 24.3 Å². The summed E-state index contributed by atoms with van der Waals surface area (Å²) in [5.74, 6) is 1.51. The van der Waals surface area contributed by atoms with E-state index in [1.54, 1.807) is 6.08 Å². The lowest BCUT2D eigenvalue weighted by Gasteiger charge is -2.44. The number of esters is 1. The summed E-state index contributed by atoms with van der Waals surface area (Å²) >= 11 is 0. The van der Waals surface area contributed by atoms with E-state index >= 15 is 0 Å². The first kappa shape index (κ1) is 17.9. The highest BCUT2D eigenvalue weighted by atomic mass is 16.6. The van der Waals surface area contributed by atoms with Crippen LogP contribution in [0.15, 0.2) is 36.0 Å². The molecule has 0 amide bonds. The quantitative estimate of drug-likeness (QED) is 0.747. The number of para-hydroxylation sites is 2. The van der Waals surface area contributed by atoms with Crippen molar-refractivity contribution in [3.8, 4) is 11.5 Å². The van der Waals surface area contributed by atoms with Crippen LogP contribution in [-0.2, 0) is 9.53 Å². The van der Waals surface area contributed by atoms with E-state index in [4.69, 9.17) is 14.2 Å². The zero-order valence-corrected chi connectivity index (χ0v) is 16.3. The van der Waals surface area contributed by atoms with Crippen molar-refractivity contribution in [1.82, 2.24) is 9.80 Å². The van der Waals surface area contributed by atoms with Gasteiger partial charge in [-0.05, 0) is 37.8 Å². The van der Waals surface area contributed by atoms with Crippen LogP contribution in [0.3, 0.4) is 0 Å². The first-order valence-corrected chi connectivity index (χ1v) is 10.5. The molecule has 28 heavy (non-hydrogen) atoms. The van der Waals surface area contributed by atoms with Gasteiger partial charge in [0.25, 0.3) is 0 Å². The Morgan fingerprint density at radius 3 is 2.54 bits per heavy atom. The maximum absolute atomic E-state index is 12.0. The predicted molar refractivity (Wildman–Crippen MR) is 104 cm³/mol. The lowest BCUT2D eigenvalue weighted by molar-refractivity contribution is -0.149. The minimum absolute atomic E-state index is 0.0572. The normalized spacial score (nSPS) is 26.9. The Bertz CT molecular complexity index is 764. The zero-order valence-electron chi connectivity index (χ0n) is 16.3. The van der Waals surface area contributed by atoms with Gasteiger partial charge in [-0.15, -0.1) is 0 Å². The molecule has 0 N–H and O–H groups in total. The fraction of sp³-hybridized carbons (Fsp3) is 0.591. The van der Waals surface area contributed by atoms with Crippen molar-refractivity contribution in [3.63, 3.8) is 0 Å². The molecule has 0 radical (unpaired) electrons. The topological polar surface area (TPSA) is 51.2 Å². The molecule has 0 unspecified atom stereocenters. The molecule has 150 valence electrons. The standard InChI is InChI=1S/C22H28N2O4/c25-21-14-20(22(28-21)8-4-1-5-9-22)24-12-10-23(11-13-24)15-17-16-26-18-6-2-3-7-19(18)27-17/h2-3,6-7,14,17H,1,4-5,8-13,15-16H2/t17-/m0/s1. The molecular formula is C22H28N2O4. The summed E-state index contributed by atoms with van der Waals surface area (Å²) in [6, 6.07) is 7.85. The molecule has 1 aromatic carbocycles. The fourth-order valence-corrected chi connectivity index (χ4v) is 4.99. The minimum Gasteiger partial charge on any atom is -0.486 e. The highest BCUT2D eigenvalue weighted by Crippen LogP contribution is 2.42. The van der Waals surface area contributed by atoms with Crippen molar-refractivity contribution in [2.24, 2.45) is 0 Å². The van der Waals surface area contributed by atoms with Gasteiger partial charge in [0, 0.05) is 38.8 Å². The van der Waals surface area contributed by atoms with Crippen LogP contribution < -0.4 is 9.47 Å². The third kappa shape index (κ3) is 3.34. The van der Waals surface area contributed by atoms with Crippen molar-refractivity contribution in [2.45, 2.75) is 43.8 Å². The smallest absolute Gasteiger partial charge is 0.333 e. The van der Waals surface area contributed by atoms with Gasteiger partial charge in [0.1, 0.15) is 12.7 Å². The first-order valence-electron chi connectivity index (χ1n) is 10.5. The highest BCUT2D eigenvalue weighted by Gasteiger charge is 2.46. The molecule has 1 aliphatic carbocycles. The summed E-state index contributed by atoms with van der Waals surface area (Å²) < 4.78 is 17.8. The monoisotopic (exact) mass is 384 g/mol. The molecule has 1 saturated heterocycles. The average Bonchev–Trinajstić information content (AvgIpc) is 3.04. The fourth-order valence-electron chi connectivity index (χ4n) is 4.99. The zero-order chi connectivity index (χ0) is 19.0. The third-order valence-corrected chi connectivity index (χ3v) is 6.42. The van der Waals surface area contributed by atoms with E-state index in [9.17, 15) is 4.79 Å². The molecule has 1 saturated carbocycles. The molecule has 1 aromatic rings. The molecule has 1 atom stereocenters. The average molecular weight is 384 g/mol. The van der Waals surface area contributed by atoms with Crippen molar-refractivity contribution >= 4 is 5.97 Å². The van der Waals surface area contributed by atoms with Crippen LogP contribution in [0.1, 0.15) is 32.1 Å². The lowest BCUT2D eigenvalue weighted by Crippen LogP contribution is -2.52. The molecule has 3 aliphatic heterocycles. The van der Waals surface area contributed by atoms with Crippen LogP contribution in [0.4, 0.5) is 0 Å². The van der Waals surface area contributed by atoms with Gasteiger partial charge < -0.3 is 19.1 Å². The van der Waals surface area contributed by atoms with E-state index in [-0.39, 0.29) is 17.7 Å². The highest BCUT2D eigenvalue weighted by molar-refractivity contribution is 5.86. The van der Waals surface area contributed by atoms with Gasteiger partial charge in [0.05, 0.1) is 5.70 Å². The Kier molecular flexibility index (Phi) is 4.67. The Balaban J connectivity index is 1.18. The summed E-state index contributed by atoms with van der Waals surface area (Å²) in [6.07, 6.45) is 7.27. The first-order chi connectivity index (χ1) is 13.7. The Morgan fingerprint density at radius 1 is 1.00 bits per heavy atom. The van der Waals surface area contributed by atoms with Crippen LogP contribution >= 0.6 is 0 Å². The molecule has 3 heterocycles. The van der Waals surface area contributed by atoms with Crippen LogP contribution in [0, 0.1) is 0 Å². The number of ether oxygens (including phenoxy) is 3. The van der Waals surface area contributed by atoms with Gasteiger partial charge in [-0.25, -0.2) is 4.79 Å². The lowest BCUT2D eigenvalue weighted by atomic mass is 9.82.